The summed E-state index contributed by atoms with van der Waals surface area (Å²) in [6.45, 7) is 3.71. The van der Waals surface area contributed by atoms with E-state index in [-0.39, 0.29) is 6.61 Å². The topological polar surface area (TPSA) is 65.7 Å². The first-order valence-electron chi connectivity index (χ1n) is 7.57. The van der Waals surface area contributed by atoms with Crippen LogP contribution in [0, 0.1) is 6.92 Å². The van der Waals surface area contributed by atoms with Gasteiger partial charge in [-0.1, -0.05) is 18.2 Å². The highest BCUT2D eigenvalue weighted by molar-refractivity contribution is 6.05. The highest BCUT2D eigenvalue weighted by atomic mass is 16.5. The zero-order valence-corrected chi connectivity index (χ0v) is 13.4. The van der Waals surface area contributed by atoms with Crippen LogP contribution >= 0.6 is 0 Å². The number of carbonyl (C=O) groups is 2. The van der Waals surface area contributed by atoms with Crippen LogP contribution < -0.4 is 4.74 Å². The van der Waals surface area contributed by atoms with Crippen LogP contribution in [0.15, 0.2) is 52.9 Å². The van der Waals surface area contributed by atoms with E-state index < -0.39 is 11.9 Å². The molecule has 0 radical (unpaired) electrons. The minimum Gasteiger partial charge on any atom is -0.462 e. The van der Waals surface area contributed by atoms with E-state index in [1.165, 1.54) is 0 Å². The molecule has 122 valence electrons. The van der Waals surface area contributed by atoms with E-state index in [1.54, 1.807) is 56.3 Å². The first-order valence-corrected chi connectivity index (χ1v) is 7.57. The minimum absolute atomic E-state index is 0.271. The fourth-order valence-electron chi connectivity index (χ4n) is 2.46. The number of aryl methyl sites for hydroxylation is 1. The van der Waals surface area contributed by atoms with Gasteiger partial charge in [-0.25, -0.2) is 9.59 Å². The number of hydrogen-bond acceptors (Lipinski definition) is 5. The number of rotatable bonds is 4. The fraction of sp³-hybridized carbons (Fsp3) is 0.158. The molecule has 0 amide bonds. The van der Waals surface area contributed by atoms with Crippen molar-refractivity contribution in [1.82, 2.24) is 0 Å². The van der Waals surface area contributed by atoms with Crippen molar-refractivity contribution in [3.05, 3.63) is 65.4 Å². The normalized spacial score (nSPS) is 10.6. The van der Waals surface area contributed by atoms with Crippen molar-refractivity contribution < 1.29 is 23.5 Å². The third-order valence-corrected chi connectivity index (χ3v) is 3.54. The molecule has 0 unspecified atom stereocenters. The highest BCUT2D eigenvalue weighted by Crippen LogP contribution is 2.30. The van der Waals surface area contributed by atoms with E-state index in [0.717, 1.165) is 0 Å². The van der Waals surface area contributed by atoms with E-state index in [2.05, 4.69) is 0 Å². The molecule has 0 bridgehead atoms. The summed E-state index contributed by atoms with van der Waals surface area (Å²) in [6.07, 6.45) is 0. The molecular formula is C19H16O5. The summed E-state index contributed by atoms with van der Waals surface area (Å²) in [5.74, 6) is -0.120. The highest BCUT2D eigenvalue weighted by Gasteiger charge is 2.20. The van der Waals surface area contributed by atoms with Crippen LogP contribution in [0.1, 0.15) is 33.4 Å². The number of benzene rings is 2. The van der Waals surface area contributed by atoms with Gasteiger partial charge in [0.15, 0.2) is 0 Å². The molecular weight excluding hydrogens is 308 g/mol. The number of fused-ring (bicyclic) bond motifs is 1. The third-order valence-electron chi connectivity index (χ3n) is 3.54. The van der Waals surface area contributed by atoms with E-state index in [1.807, 2.05) is 6.07 Å². The Labute approximate surface area is 138 Å². The fourth-order valence-corrected chi connectivity index (χ4v) is 2.46. The molecule has 0 aliphatic rings. The monoisotopic (exact) mass is 324 g/mol. The van der Waals surface area contributed by atoms with Crippen molar-refractivity contribution in [1.29, 1.82) is 0 Å². The molecule has 1 aromatic heterocycles. The molecule has 0 aliphatic carbocycles. The molecule has 0 saturated heterocycles. The molecule has 3 aromatic rings. The van der Waals surface area contributed by atoms with Gasteiger partial charge < -0.3 is 13.9 Å². The Hall–Kier alpha value is -3.08. The Morgan fingerprint density at radius 2 is 1.79 bits per heavy atom. The number of furan rings is 1. The predicted octanol–water partition coefficient (Wildman–Crippen LogP) is 4.14. The SMILES string of the molecule is CCOC(=O)c1c(C)oc2ccc(OC(=O)c3ccccc3)cc12. The van der Waals surface area contributed by atoms with Gasteiger partial charge in [-0.15, -0.1) is 0 Å². The lowest BCUT2D eigenvalue weighted by Crippen LogP contribution is -2.08. The maximum Gasteiger partial charge on any atom is 0.343 e. The molecule has 0 aliphatic heterocycles. The summed E-state index contributed by atoms with van der Waals surface area (Å²) in [5, 5.41) is 0.560. The quantitative estimate of drug-likeness (QED) is 0.533. The molecule has 0 spiro atoms. The number of carbonyl (C=O) groups excluding carboxylic acids is 2. The van der Waals surface area contributed by atoms with Gasteiger partial charge in [0, 0.05) is 5.39 Å². The van der Waals surface area contributed by atoms with E-state index in [9.17, 15) is 9.59 Å². The van der Waals surface area contributed by atoms with E-state index in [0.29, 0.717) is 33.6 Å². The minimum atomic E-state index is -0.465. The van der Waals surface area contributed by atoms with Gasteiger partial charge in [0.2, 0.25) is 0 Å². The number of esters is 2. The number of hydrogen-bond donors (Lipinski definition) is 0. The molecule has 0 fully saturated rings. The van der Waals surface area contributed by atoms with Crippen LogP contribution in [0.2, 0.25) is 0 Å². The lowest BCUT2D eigenvalue weighted by Gasteiger charge is -2.05. The van der Waals surface area contributed by atoms with Crippen LogP contribution in [0.4, 0.5) is 0 Å². The van der Waals surface area contributed by atoms with Gasteiger partial charge in [-0.2, -0.15) is 0 Å². The first kappa shape index (κ1) is 15.8. The van der Waals surface area contributed by atoms with Crippen molar-refractivity contribution in [2.75, 3.05) is 6.61 Å². The maximum absolute atomic E-state index is 12.1. The Bertz CT molecular complexity index is 893. The summed E-state index contributed by atoms with van der Waals surface area (Å²) in [7, 11) is 0. The van der Waals surface area contributed by atoms with Crippen molar-refractivity contribution in [2.45, 2.75) is 13.8 Å². The second-order valence-corrected chi connectivity index (χ2v) is 5.17. The lowest BCUT2D eigenvalue weighted by atomic mass is 10.1. The Balaban J connectivity index is 1.94. The van der Waals surface area contributed by atoms with E-state index in [4.69, 9.17) is 13.9 Å². The van der Waals surface area contributed by atoms with Crippen LogP contribution in [-0.2, 0) is 4.74 Å². The Kier molecular flexibility index (Phi) is 4.33. The predicted molar refractivity (Wildman–Crippen MR) is 88.3 cm³/mol. The van der Waals surface area contributed by atoms with Crippen LogP contribution in [0.25, 0.3) is 11.0 Å². The van der Waals surface area contributed by atoms with Crippen LogP contribution in [0.5, 0.6) is 5.75 Å². The van der Waals surface area contributed by atoms with Crippen LogP contribution in [0.3, 0.4) is 0 Å². The second-order valence-electron chi connectivity index (χ2n) is 5.17. The average Bonchev–Trinajstić information content (AvgIpc) is 2.91. The molecule has 5 nitrogen and oxygen atoms in total. The second kappa shape index (κ2) is 6.58. The summed E-state index contributed by atoms with van der Waals surface area (Å²) in [5.41, 5.74) is 1.34. The van der Waals surface area contributed by atoms with Gasteiger partial charge in [0.05, 0.1) is 12.2 Å². The standard InChI is InChI=1S/C19H16O5/c1-3-22-19(21)17-12(2)23-16-10-9-14(11-15(16)17)24-18(20)13-7-5-4-6-8-13/h4-11H,3H2,1-2H3. The lowest BCUT2D eigenvalue weighted by molar-refractivity contribution is 0.0526. The smallest absolute Gasteiger partial charge is 0.343 e. The van der Waals surface area contributed by atoms with Crippen molar-refractivity contribution in [3.63, 3.8) is 0 Å². The third kappa shape index (κ3) is 3.01. The van der Waals surface area contributed by atoms with Gasteiger partial charge in [0.25, 0.3) is 0 Å². The van der Waals surface area contributed by atoms with Gasteiger partial charge in [-0.05, 0) is 44.2 Å². The van der Waals surface area contributed by atoms with Crippen LogP contribution in [-0.4, -0.2) is 18.5 Å². The molecule has 1 heterocycles. The zero-order chi connectivity index (χ0) is 17.1. The van der Waals surface area contributed by atoms with Gasteiger partial charge in [0.1, 0.15) is 22.7 Å². The molecule has 0 atom stereocenters. The summed E-state index contributed by atoms with van der Waals surface area (Å²) < 4.78 is 16.0. The van der Waals surface area contributed by atoms with Crippen molar-refractivity contribution in [2.24, 2.45) is 0 Å². The van der Waals surface area contributed by atoms with Crippen molar-refractivity contribution in [3.8, 4) is 5.75 Å². The molecule has 3 rings (SSSR count). The van der Waals surface area contributed by atoms with Gasteiger partial charge >= 0.3 is 11.9 Å². The Morgan fingerprint density at radius 1 is 1.04 bits per heavy atom. The largest absolute Gasteiger partial charge is 0.462 e. The molecule has 5 heteroatoms. The zero-order valence-electron chi connectivity index (χ0n) is 13.4. The first-order chi connectivity index (χ1) is 11.6. The Morgan fingerprint density at radius 3 is 2.50 bits per heavy atom. The average molecular weight is 324 g/mol. The van der Waals surface area contributed by atoms with Crippen molar-refractivity contribution >= 4 is 22.9 Å². The molecule has 0 N–H and O–H groups in total. The summed E-state index contributed by atoms with van der Waals surface area (Å²) in [4.78, 5) is 24.2. The molecule has 24 heavy (non-hydrogen) atoms. The summed E-state index contributed by atoms with van der Waals surface area (Å²) >= 11 is 0. The van der Waals surface area contributed by atoms with Gasteiger partial charge in [-0.3, -0.25) is 0 Å². The maximum atomic E-state index is 12.1. The van der Waals surface area contributed by atoms with E-state index >= 15 is 0 Å². The number of ether oxygens (including phenoxy) is 2. The molecule has 0 saturated carbocycles. The summed E-state index contributed by atoms with van der Waals surface area (Å²) in [6, 6.07) is 13.6. The molecule has 2 aromatic carbocycles.